The number of methoxy groups -OCH3 is 1. The van der Waals surface area contributed by atoms with Gasteiger partial charge < -0.3 is 24.5 Å². The van der Waals surface area contributed by atoms with E-state index in [1.54, 1.807) is 18.2 Å². The Morgan fingerprint density at radius 1 is 1.19 bits per heavy atom. The lowest BCUT2D eigenvalue weighted by Crippen LogP contribution is -2.42. The van der Waals surface area contributed by atoms with E-state index in [0.29, 0.717) is 16.5 Å². The van der Waals surface area contributed by atoms with Crippen LogP contribution in [0.25, 0.3) is 0 Å². The highest BCUT2D eigenvalue weighted by Gasteiger charge is 2.24. The van der Waals surface area contributed by atoms with Crippen molar-refractivity contribution < 1.29 is 28.3 Å². The molecule has 0 radical (unpaired) electrons. The molecule has 2 aromatic rings. The zero-order valence-electron chi connectivity index (χ0n) is 14.9. The molecule has 8 nitrogen and oxygen atoms in total. The molecule has 1 aromatic carbocycles. The fraction of sp³-hybridized carbons (Fsp3) is 0.278. The van der Waals surface area contributed by atoms with Gasteiger partial charge in [-0.1, -0.05) is 11.6 Å². The smallest absolute Gasteiger partial charge is 0.329 e. The molecular weight excluding hydrogens is 376 g/mol. The van der Waals surface area contributed by atoms with Crippen molar-refractivity contribution in [1.82, 2.24) is 5.32 Å². The number of esters is 1. The highest BCUT2D eigenvalue weighted by molar-refractivity contribution is 6.32. The van der Waals surface area contributed by atoms with Crippen molar-refractivity contribution in [3.05, 3.63) is 47.4 Å². The van der Waals surface area contributed by atoms with Crippen LogP contribution in [0, 0.1) is 0 Å². The van der Waals surface area contributed by atoms with E-state index in [1.807, 2.05) is 0 Å². The number of nitrogens with one attached hydrogen (secondary N) is 2. The fourth-order valence-corrected chi connectivity index (χ4v) is 2.31. The van der Waals surface area contributed by atoms with Crippen molar-refractivity contribution in [2.45, 2.75) is 26.0 Å². The predicted molar refractivity (Wildman–Crippen MR) is 97.8 cm³/mol. The first-order valence-electron chi connectivity index (χ1n) is 8.01. The van der Waals surface area contributed by atoms with Gasteiger partial charge in [-0.05, 0) is 44.2 Å². The average molecular weight is 395 g/mol. The van der Waals surface area contributed by atoms with Gasteiger partial charge in [0.1, 0.15) is 11.8 Å². The number of halogens is 1. The third-order valence-corrected chi connectivity index (χ3v) is 3.82. The molecule has 0 aliphatic rings. The number of benzene rings is 1. The molecule has 2 rings (SSSR count). The molecule has 0 saturated heterocycles. The summed E-state index contributed by atoms with van der Waals surface area (Å²) in [4.78, 5) is 36.1. The Kier molecular flexibility index (Phi) is 6.84. The van der Waals surface area contributed by atoms with E-state index < -0.39 is 29.9 Å². The molecule has 0 aliphatic heterocycles. The van der Waals surface area contributed by atoms with Crippen LogP contribution in [0.3, 0.4) is 0 Å². The van der Waals surface area contributed by atoms with Crippen LogP contribution in [0.4, 0.5) is 5.69 Å². The maximum absolute atomic E-state index is 12.2. The Labute approximate surface area is 160 Å². The Hall–Kier alpha value is -3.00. The first-order chi connectivity index (χ1) is 12.8. The van der Waals surface area contributed by atoms with Crippen LogP contribution in [-0.2, 0) is 14.3 Å². The van der Waals surface area contributed by atoms with Gasteiger partial charge in [0.15, 0.2) is 11.9 Å². The lowest BCUT2D eigenvalue weighted by molar-refractivity contribution is -0.154. The predicted octanol–water partition coefficient (Wildman–Crippen LogP) is 2.63. The SMILES string of the molecule is COc1ccc(NC(=O)[C@@H](C)OC(=O)[C@H](C)NC(=O)c2ccco2)cc1Cl. The topological polar surface area (TPSA) is 107 Å². The average Bonchev–Trinajstić information content (AvgIpc) is 3.16. The van der Waals surface area contributed by atoms with Gasteiger partial charge in [-0.25, -0.2) is 4.79 Å². The number of amides is 2. The summed E-state index contributed by atoms with van der Waals surface area (Å²) < 4.78 is 15.1. The number of furan rings is 1. The van der Waals surface area contributed by atoms with E-state index in [4.69, 9.17) is 25.5 Å². The molecular formula is C18H19ClN2O6. The van der Waals surface area contributed by atoms with Gasteiger partial charge in [-0.2, -0.15) is 0 Å². The Morgan fingerprint density at radius 2 is 1.93 bits per heavy atom. The Balaban J connectivity index is 1.88. The number of carbonyl (C=O) groups is 3. The van der Waals surface area contributed by atoms with Crippen LogP contribution in [-0.4, -0.2) is 37.0 Å². The number of carbonyl (C=O) groups excluding carboxylic acids is 3. The minimum atomic E-state index is -1.08. The maximum atomic E-state index is 12.2. The van der Waals surface area contributed by atoms with Crippen LogP contribution < -0.4 is 15.4 Å². The lowest BCUT2D eigenvalue weighted by atomic mass is 10.2. The summed E-state index contributed by atoms with van der Waals surface area (Å²) in [6.07, 6.45) is 0.261. The molecule has 27 heavy (non-hydrogen) atoms. The summed E-state index contributed by atoms with van der Waals surface area (Å²) in [6, 6.07) is 6.76. The van der Waals surface area contributed by atoms with Crippen molar-refractivity contribution >= 4 is 35.1 Å². The van der Waals surface area contributed by atoms with E-state index in [9.17, 15) is 14.4 Å². The first-order valence-corrected chi connectivity index (χ1v) is 8.39. The molecule has 0 fully saturated rings. The number of anilines is 1. The second-order valence-electron chi connectivity index (χ2n) is 5.59. The number of hydrogen-bond donors (Lipinski definition) is 2. The first kappa shape index (κ1) is 20.3. The second kappa shape index (κ2) is 9.09. The molecule has 0 aliphatic carbocycles. The van der Waals surface area contributed by atoms with E-state index in [1.165, 1.54) is 39.4 Å². The van der Waals surface area contributed by atoms with Crippen molar-refractivity contribution in [2.75, 3.05) is 12.4 Å². The van der Waals surface area contributed by atoms with Gasteiger partial charge >= 0.3 is 5.97 Å². The number of hydrogen-bond acceptors (Lipinski definition) is 6. The van der Waals surface area contributed by atoms with Crippen LogP contribution in [0.1, 0.15) is 24.4 Å². The van der Waals surface area contributed by atoms with Crippen LogP contribution in [0.5, 0.6) is 5.75 Å². The molecule has 0 bridgehead atoms. The van der Waals surface area contributed by atoms with Crippen LogP contribution in [0.15, 0.2) is 41.0 Å². The van der Waals surface area contributed by atoms with Gasteiger partial charge in [-0.15, -0.1) is 0 Å². The third kappa shape index (κ3) is 5.49. The number of rotatable bonds is 7. The van der Waals surface area contributed by atoms with E-state index in [2.05, 4.69) is 10.6 Å². The van der Waals surface area contributed by atoms with Crippen molar-refractivity contribution in [1.29, 1.82) is 0 Å². The minimum absolute atomic E-state index is 0.0665. The van der Waals surface area contributed by atoms with Gasteiger partial charge in [-0.3, -0.25) is 9.59 Å². The normalized spacial score (nSPS) is 12.6. The van der Waals surface area contributed by atoms with Crippen molar-refractivity contribution in [2.24, 2.45) is 0 Å². The lowest BCUT2D eigenvalue weighted by Gasteiger charge is -2.17. The van der Waals surface area contributed by atoms with Crippen LogP contribution in [0.2, 0.25) is 5.02 Å². The van der Waals surface area contributed by atoms with E-state index in [0.717, 1.165) is 0 Å². The molecule has 144 valence electrons. The molecule has 1 aromatic heterocycles. The monoisotopic (exact) mass is 394 g/mol. The van der Waals surface area contributed by atoms with Gasteiger partial charge in [0, 0.05) is 5.69 Å². The van der Waals surface area contributed by atoms with Gasteiger partial charge in [0.25, 0.3) is 11.8 Å². The fourth-order valence-electron chi connectivity index (χ4n) is 2.05. The largest absolute Gasteiger partial charge is 0.495 e. The van der Waals surface area contributed by atoms with Crippen molar-refractivity contribution in [3.63, 3.8) is 0 Å². The van der Waals surface area contributed by atoms with E-state index >= 15 is 0 Å². The summed E-state index contributed by atoms with van der Waals surface area (Å²) >= 11 is 6.00. The molecule has 1 heterocycles. The second-order valence-corrected chi connectivity index (χ2v) is 6.00. The summed E-state index contributed by atoms with van der Waals surface area (Å²) in [5.74, 6) is -1.33. The highest BCUT2D eigenvalue weighted by atomic mass is 35.5. The molecule has 2 N–H and O–H groups in total. The molecule has 9 heteroatoms. The summed E-state index contributed by atoms with van der Waals surface area (Å²) in [7, 11) is 1.48. The Morgan fingerprint density at radius 3 is 2.52 bits per heavy atom. The highest BCUT2D eigenvalue weighted by Crippen LogP contribution is 2.27. The third-order valence-electron chi connectivity index (χ3n) is 3.53. The standard InChI is InChI=1S/C18H19ClN2O6/c1-10(20-17(23)15-5-4-8-26-15)18(24)27-11(2)16(22)21-12-6-7-14(25-3)13(19)9-12/h4-11H,1-3H3,(H,20,23)(H,21,22)/t10-,11+/m0/s1. The molecule has 2 atom stereocenters. The van der Waals surface area contributed by atoms with E-state index in [-0.39, 0.29) is 5.76 Å². The van der Waals surface area contributed by atoms with Crippen molar-refractivity contribution in [3.8, 4) is 5.75 Å². The molecule has 0 saturated carbocycles. The molecule has 2 amide bonds. The van der Waals surface area contributed by atoms with Crippen LogP contribution >= 0.6 is 11.6 Å². The van der Waals surface area contributed by atoms with Gasteiger partial charge in [0.2, 0.25) is 0 Å². The summed E-state index contributed by atoms with van der Waals surface area (Å²) in [6.45, 7) is 2.86. The molecule has 0 unspecified atom stereocenters. The summed E-state index contributed by atoms with van der Waals surface area (Å²) in [5, 5.41) is 5.34. The summed E-state index contributed by atoms with van der Waals surface area (Å²) in [5.41, 5.74) is 0.424. The quantitative estimate of drug-likeness (QED) is 0.699. The zero-order valence-corrected chi connectivity index (χ0v) is 15.7. The van der Waals surface area contributed by atoms with Gasteiger partial charge in [0.05, 0.1) is 18.4 Å². The number of ether oxygens (including phenoxy) is 2. The maximum Gasteiger partial charge on any atom is 0.329 e. The Bertz CT molecular complexity index is 821. The minimum Gasteiger partial charge on any atom is -0.495 e. The zero-order chi connectivity index (χ0) is 20.0. The molecule has 0 spiro atoms.